The van der Waals surface area contributed by atoms with Crippen molar-refractivity contribution < 1.29 is 0 Å². The highest BCUT2D eigenvalue weighted by atomic mass is 79.9. The Kier molecular flexibility index (Phi) is 4.08. The Morgan fingerprint density at radius 3 is 2.57 bits per heavy atom. The van der Waals surface area contributed by atoms with Gasteiger partial charge in [-0.1, -0.05) is 40.2 Å². The highest BCUT2D eigenvalue weighted by Crippen LogP contribution is 2.18. The first kappa shape index (κ1) is 14.3. The third kappa shape index (κ3) is 3.01. The molecule has 3 aromatic rings. The molecule has 1 aromatic heterocycles. The normalized spacial score (nSPS) is 12.7. The van der Waals surface area contributed by atoms with Gasteiger partial charge in [0.15, 0.2) is 0 Å². The zero-order valence-electron chi connectivity index (χ0n) is 12.2. The smallest absolute Gasteiger partial charge is 0.123 e. The Morgan fingerprint density at radius 2 is 1.86 bits per heavy atom. The summed E-state index contributed by atoms with van der Waals surface area (Å²) in [7, 11) is 2.07. The van der Waals surface area contributed by atoms with Gasteiger partial charge in [0.25, 0.3) is 0 Å². The van der Waals surface area contributed by atoms with Gasteiger partial charge in [-0.2, -0.15) is 0 Å². The average Bonchev–Trinajstić information content (AvgIpc) is 2.82. The highest BCUT2D eigenvalue weighted by Gasteiger charge is 2.09. The van der Waals surface area contributed by atoms with E-state index in [1.807, 2.05) is 12.1 Å². The molecule has 0 fully saturated rings. The fourth-order valence-electron chi connectivity index (χ4n) is 2.47. The lowest BCUT2D eigenvalue weighted by atomic mass is 10.1. The Balaban J connectivity index is 1.74. The van der Waals surface area contributed by atoms with Crippen molar-refractivity contribution in [3.63, 3.8) is 0 Å². The molecule has 3 rings (SSSR count). The van der Waals surface area contributed by atoms with Crippen LogP contribution in [0.1, 0.15) is 24.4 Å². The molecule has 108 valence electrons. The van der Waals surface area contributed by atoms with Crippen LogP contribution in [0.5, 0.6) is 0 Å². The summed E-state index contributed by atoms with van der Waals surface area (Å²) in [5.74, 6) is 1.06. The second-order valence-electron chi connectivity index (χ2n) is 5.23. The second kappa shape index (κ2) is 6.00. The van der Waals surface area contributed by atoms with Crippen LogP contribution in [-0.4, -0.2) is 9.55 Å². The van der Waals surface area contributed by atoms with Gasteiger partial charge in [0.05, 0.1) is 17.6 Å². The van der Waals surface area contributed by atoms with E-state index in [9.17, 15) is 0 Å². The van der Waals surface area contributed by atoms with E-state index >= 15 is 0 Å². The average molecular weight is 344 g/mol. The summed E-state index contributed by atoms with van der Waals surface area (Å²) in [5, 5.41) is 3.54. The molecule has 0 saturated carbocycles. The number of halogens is 1. The summed E-state index contributed by atoms with van der Waals surface area (Å²) in [5.41, 5.74) is 3.50. The molecule has 2 aromatic carbocycles. The maximum Gasteiger partial charge on any atom is 0.123 e. The molecule has 0 bridgehead atoms. The number of fused-ring (bicyclic) bond motifs is 1. The van der Waals surface area contributed by atoms with E-state index < -0.39 is 0 Å². The van der Waals surface area contributed by atoms with E-state index in [4.69, 9.17) is 0 Å². The number of nitrogens with zero attached hydrogens (tertiary/aromatic N) is 2. The first-order chi connectivity index (χ1) is 10.1. The zero-order chi connectivity index (χ0) is 14.8. The molecule has 1 atom stereocenters. The maximum atomic E-state index is 4.68. The number of nitrogens with one attached hydrogen (secondary N) is 1. The number of benzene rings is 2. The van der Waals surface area contributed by atoms with Crippen LogP contribution in [-0.2, 0) is 13.6 Å². The lowest BCUT2D eigenvalue weighted by molar-refractivity contribution is 0.551. The molecule has 1 heterocycles. The van der Waals surface area contributed by atoms with Gasteiger partial charge < -0.3 is 9.88 Å². The largest absolute Gasteiger partial charge is 0.330 e. The van der Waals surface area contributed by atoms with Gasteiger partial charge in [-0.05, 0) is 36.8 Å². The summed E-state index contributed by atoms with van der Waals surface area (Å²) in [6.45, 7) is 2.92. The van der Waals surface area contributed by atoms with Gasteiger partial charge in [0.1, 0.15) is 5.82 Å². The van der Waals surface area contributed by atoms with E-state index in [0.29, 0.717) is 0 Å². The minimum Gasteiger partial charge on any atom is -0.330 e. The Bertz CT molecular complexity index is 746. The van der Waals surface area contributed by atoms with Crippen molar-refractivity contribution in [3.05, 3.63) is 64.4 Å². The van der Waals surface area contributed by atoms with Crippen molar-refractivity contribution in [2.24, 2.45) is 7.05 Å². The molecule has 21 heavy (non-hydrogen) atoms. The fraction of sp³-hybridized carbons (Fsp3) is 0.235. The molecule has 0 unspecified atom stereocenters. The third-order valence-electron chi connectivity index (χ3n) is 3.82. The number of aromatic nitrogens is 2. The van der Waals surface area contributed by atoms with E-state index in [0.717, 1.165) is 22.4 Å². The molecule has 0 spiro atoms. The first-order valence-corrected chi connectivity index (χ1v) is 7.83. The molecule has 4 heteroatoms. The number of rotatable bonds is 4. The quantitative estimate of drug-likeness (QED) is 0.769. The van der Waals surface area contributed by atoms with Crippen molar-refractivity contribution in [3.8, 4) is 0 Å². The maximum absolute atomic E-state index is 4.68. The molecule has 0 saturated heterocycles. The predicted octanol–water partition coefficient (Wildman–Crippen LogP) is 4.19. The van der Waals surface area contributed by atoms with Crippen molar-refractivity contribution in [2.45, 2.75) is 19.5 Å². The Morgan fingerprint density at radius 1 is 1.14 bits per heavy atom. The topological polar surface area (TPSA) is 29.9 Å². The summed E-state index contributed by atoms with van der Waals surface area (Å²) in [6, 6.07) is 16.9. The molecule has 3 nitrogen and oxygen atoms in total. The van der Waals surface area contributed by atoms with Crippen LogP contribution in [0.3, 0.4) is 0 Å². The first-order valence-electron chi connectivity index (χ1n) is 7.04. The minimum absolute atomic E-state index is 0.290. The van der Waals surface area contributed by atoms with Crippen LogP contribution in [0.25, 0.3) is 11.0 Å². The molecule has 0 aliphatic rings. The van der Waals surface area contributed by atoms with Crippen LogP contribution in [0, 0.1) is 0 Å². The van der Waals surface area contributed by atoms with Gasteiger partial charge in [0, 0.05) is 17.6 Å². The SMILES string of the molecule is C[C@H](NCc1nc2ccccc2n1C)c1ccc(Br)cc1. The standard InChI is InChI=1S/C17H18BrN3/c1-12(13-7-9-14(18)10-8-13)19-11-17-20-15-5-3-4-6-16(15)21(17)2/h3-10,12,19H,11H2,1-2H3/t12-/m0/s1. The van der Waals surface area contributed by atoms with E-state index in [2.05, 4.69) is 81.2 Å². The van der Waals surface area contributed by atoms with E-state index in [1.54, 1.807) is 0 Å². The van der Waals surface area contributed by atoms with Gasteiger partial charge >= 0.3 is 0 Å². The van der Waals surface area contributed by atoms with Gasteiger partial charge in [-0.15, -0.1) is 0 Å². The predicted molar refractivity (Wildman–Crippen MR) is 90.1 cm³/mol. The van der Waals surface area contributed by atoms with Gasteiger partial charge in [-0.3, -0.25) is 0 Å². The van der Waals surface area contributed by atoms with Crippen LogP contribution < -0.4 is 5.32 Å². The van der Waals surface area contributed by atoms with Crippen LogP contribution in [0.2, 0.25) is 0 Å². The number of imidazole rings is 1. The Labute approximate surface area is 133 Å². The number of para-hydroxylation sites is 2. The minimum atomic E-state index is 0.290. The van der Waals surface area contributed by atoms with E-state index in [1.165, 1.54) is 11.1 Å². The monoisotopic (exact) mass is 343 g/mol. The summed E-state index contributed by atoms with van der Waals surface area (Å²) < 4.78 is 3.25. The van der Waals surface area contributed by atoms with Crippen LogP contribution >= 0.6 is 15.9 Å². The fourth-order valence-corrected chi connectivity index (χ4v) is 2.73. The van der Waals surface area contributed by atoms with Crippen molar-refractivity contribution in [2.75, 3.05) is 0 Å². The molecule has 1 N–H and O–H groups in total. The number of aryl methyl sites for hydroxylation is 1. The van der Waals surface area contributed by atoms with E-state index in [-0.39, 0.29) is 6.04 Å². The van der Waals surface area contributed by atoms with Crippen molar-refractivity contribution in [1.29, 1.82) is 0 Å². The van der Waals surface area contributed by atoms with Gasteiger partial charge in [-0.25, -0.2) is 4.98 Å². The lowest BCUT2D eigenvalue weighted by Crippen LogP contribution is -2.20. The third-order valence-corrected chi connectivity index (χ3v) is 4.34. The molecule has 0 amide bonds. The molecule has 0 aliphatic carbocycles. The molecule has 0 aliphatic heterocycles. The summed E-state index contributed by atoms with van der Waals surface area (Å²) in [6.07, 6.45) is 0. The van der Waals surface area contributed by atoms with Crippen LogP contribution in [0.4, 0.5) is 0 Å². The molecular formula is C17H18BrN3. The molecular weight excluding hydrogens is 326 g/mol. The highest BCUT2D eigenvalue weighted by molar-refractivity contribution is 9.10. The Hall–Kier alpha value is -1.65. The lowest BCUT2D eigenvalue weighted by Gasteiger charge is -2.14. The zero-order valence-corrected chi connectivity index (χ0v) is 13.8. The van der Waals surface area contributed by atoms with Crippen molar-refractivity contribution in [1.82, 2.24) is 14.9 Å². The number of hydrogen-bond donors (Lipinski definition) is 1. The molecule has 0 radical (unpaired) electrons. The van der Waals surface area contributed by atoms with Crippen molar-refractivity contribution >= 4 is 27.0 Å². The summed E-state index contributed by atoms with van der Waals surface area (Å²) >= 11 is 3.47. The van der Waals surface area contributed by atoms with Crippen LogP contribution in [0.15, 0.2) is 53.0 Å². The second-order valence-corrected chi connectivity index (χ2v) is 6.15. The number of hydrogen-bond acceptors (Lipinski definition) is 2. The summed E-state index contributed by atoms with van der Waals surface area (Å²) in [4.78, 5) is 4.68. The van der Waals surface area contributed by atoms with Gasteiger partial charge in [0.2, 0.25) is 0 Å².